The third kappa shape index (κ3) is 5.24. The van der Waals surface area contributed by atoms with Crippen molar-refractivity contribution in [2.45, 2.75) is 18.7 Å². The average molecular weight is 495 g/mol. The summed E-state index contributed by atoms with van der Waals surface area (Å²) in [7, 11) is -2.30. The van der Waals surface area contributed by atoms with Crippen LogP contribution < -0.4 is 14.8 Å². The molecule has 10 heteroatoms. The van der Waals surface area contributed by atoms with Crippen LogP contribution in [0.3, 0.4) is 0 Å². The van der Waals surface area contributed by atoms with E-state index in [0.29, 0.717) is 21.4 Å². The number of amides is 1. The molecule has 0 atom stereocenters. The summed E-state index contributed by atoms with van der Waals surface area (Å²) in [4.78, 5) is 12.9. The molecule has 1 amide bonds. The van der Waals surface area contributed by atoms with Gasteiger partial charge in [0.25, 0.3) is 15.9 Å². The van der Waals surface area contributed by atoms with Gasteiger partial charge >= 0.3 is 0 Å². The van der Waals surface area contributed by atoms with E-state index >= 15 is 0 Å². The van der Waals surface area contributed by atoms with Crippen LogP contribution in [0.1, 0.15) is 21.5 Å². The molecule has 8 nitrogen and oxygen atoms in total. The van der Waals surface area contributed by atoms with Gasteiger partial charge in [-0.2, -0.15) is 0 Å². The number of aryl methyl sites for hydroxylation is 2. The van der Waals surface area contributed by atoms with Gasteiger partial charge in [0, 0.05) is 16.8 Å². The predicted octanol–water partition coefficient (Wildman–Crippen LogP) is 4.88. The van der Waals surface area contributed by atoms with E-state index in [0.717, 1.165) is 16.9 Å². The van der Waals surface area contributed by atoms with E-state index in [1.807, 2.05) is 43.3 Å². The van der Waals surface area contributed by atoms with Gasteiger partial charge in [0.2, 0.25) is 5.13 Å². The lowest BCUT2D eigenvalue weighted by atomic mass is 10.1. The molecule has 4 aromatic rings. The number of methoxy groups -OCH3 is 1. The molecule has 0 aliphatic heterocycles. The van der Waals surface area contributed by atoms with Crippen molar-refractivity contribution in [2.24, 2.45) is 0 Å². The largest absolute Gasteiger partial charge is 0.497 e. The number of carbonyl (C=O) groups excluding carboxylic acids is 1. The van der Waals surface area contributed by atoms with Crippen LogP contribution in [0.2, 0.25) is 0 Å². The number of benzene rings is 3. The van der Waals surface area contributed by atoms with Crippen molar-refractivity contribution in [3.05, 3.63) is 83.4 Å². The molecule has 3 aromatic carbocycles. The van der Waals surface area contributed by atoms with E-state index in [2.05, 4.69) is 20.2 Å². The van der Waals surface area contributed by atoms with Gasteiger partial charge in [-0.05, 0) is 67.9 Å². The van der Waals surface area contributed by atoms with Crippen LogP contribution in [0, 0.1) is 13.8 Å². The van der Waals surface area contributed by atoms with E-state index in [4.69, 9.17) is 4.74 Å². The maximum atomic E-state index is 13.0. The van der Waals surface area contributed by atoms with Gasteiger partial charge in [0.05, 0.1) is 12.0 Å². The molecule has 0 aliphatic carbocycles. The highest BCUT2D eigenvalue weighted by molar-refractivity contribution is 7.92. The van der Waals surface area contributed by atoms with Gasteiger partial charge in [-0.1, -0.05) is 35.1 Å². The standard InChI is InChI=1S/C24H22N4O4S2/c1-15-4-10-19(11-5-15)28-34(30,31)21-14-18(7-6-16(21)2)22(29)25-24-27-26-23(33-24)17-8-12-20(32-3)13-9-17/h4-14,28H,1-3H3,(H,25,27,29). The van der Waals surface area contributed by atoms with Gasteiger partial charge in [0.1, 0.15) is 10.8 Å². The van der Waals surface area contributed by atoms with Gasteiger partial charge in [-0.15, -0.1) is 10.2 Å². The fourth-order valence-electron chi connectivity index (χ4n) is 3.16. The first kappa shape index (κ1) is 23.4. The fraction of sp³-hybridized carbons (Fsp3) is 0.125. The maximum absolute atomic E-state index is 13.0. The highest BCUT2D eigenvalue weighted by Crippen LogP contribution is 2.28. The smallest absolute Gasteiger partial charge is 0.262 e. The van der Waals surface area contributed by atoms with Crippen LogP contribution in [-0.4, -0.2) is 31.6 Å². The first-order chi connectivity index (χ1) is 16.2. The maximum Gasteiger partial charge on any atom is 0.262 e. The summed E-state index contributed by atoms with van der Waals surface area (Å²) in [5.41, 5.74) is 3.01. The van der Waals surface area contributed by atoms with Crippen molar-refractivity contribution in [1.29, 1.82) is 0 Å². The average Bonchev–Trinajstić information content (AvgIpc) is 3.29. The van der Waals surface area contributed by atoms with Gasteiger partial charge in [-0.3, -0.25) is 14.8 Å². The van der Waals surface area contributed by atoms with Crippen LogP contribution in [0.5, 0.6) is 5.75 Å². The predicted molar refractivity (Wildman–Crippen MR) is 133 cm³/mol. The third-order valence-corrected chi connectivity index (χ3v) is 7.44. The summed E-state index contributed by atoms with van der Waals surface area (Å²) in [5.74, 6) is 0.244. The number of hydrogen-bond donors (Lipinski definition) is 2. The topological polar surface area (TPSA) is 110 Å². The highest BCUT2D eigenvalue weighted by atomic mass is 32.2. The number of hydrogen-bond acceptors (Lipinski definition) is 7. The van der Waals surface area contributed by atoms with Crippen LogP contribution in [-0.2, 0) is 10.0 Å². The Morgan fingerprint density at radius 3 is 2.32 bits per heavy atom. The van der Waals surface area contributed by atoms with Gasteiger partial charge in [-0.25, -0.2) is 8.42 Å². The SMILES string of the molecule is COc1ccc(-c2nnc(NC(=O)c3ccc(C)c(S(=O)(=O)Nc4ccc(C)cc4)c3)s2)cc1. The summed E-state index contributed by atoms with van der Waals surface area (Å²) in [6.07, 6.45) is 0. The van der Waals surface area contributed by atoms with Gasteiger partial charge in [0.15, 0.2) is 0 Å². The first-order valence-electron chi connectivity index (χ1n) is 10.2. The summed E-state index contributed by atoms with van der Waals surface area (Å²) in [6.45, 7) is 3.60. The fourth-order valence-corrected chi connectivity index (χ4v) is 5.23. The number of ether oxygens (including phenoxy) is 1. The molecule has 0 radical (unpaired) electrons. The molecular formula is C24H22N4O4S2. The first-order valence-corrected chi connectivity index (χ1v) is 12.5. The minimum atomic E-state index is -3.89. The third-order valence-electron chi connectivity index (χ3n) is 5.03. The minimum absolute atomic E-state index is 0.0249. The van der Waals surface area contributed by atoms with E-state index in [-0.39, 0.29) is 10.5 Å². The number of sulfonamides is 1. The van der Waals surface area contributed by atoms with Crippen molar-refractivity contribution in [3.63, 3.8) is 0 Å². The Labute approximate surface area is 201 Å². The number of nitrogens with zero attached hydrogens (tertiary/aromatic N) is 2. The Morgan fingerprint density at radius 1 is 0.941 bits per heavy atom. The normalized spacial score (nSPS) is 11.1. The number of nitrogens with one attached hydrogen (secondary N) is 2. The summed E-state index contributed by atoms with van der Waals surface area (Å²) in [5, 5.41) is 11.8. The quantitative estimate of drug-likeness (QED) is 0.379. The monoisotopic (exact) mass is 494 g/mol. The molecule has 0 spiro atoms. The van der Waals surface area contributed by atoms with Crippen LogP contribution in [0.15, 0.2) is 71.6 Å². The second-order valence-corrected chi connectivity index (χ2v) is 10.2. The molecule has 0 saturated carbocycles. The van der Waals surface area contributed by atoms with Crippen molar-refractivity contribution >= 4 is 38.1 Å². The Bertz CT molecular complexity index is 1430. The zero-order chi connectivity index (χ0) is 24.3. The lowest BCUT2D eigenvalue weighted by Gasteiger charge is -2.12. The van der Waals surface area contributed by atoms with Crippen LogP contribution >= 0.6 is 11.3 Å². The molecule has 1 heterocycles. The molecule has 34 heavy (non-hydrogen) atoms. The Hall–Kier alpha value is -3.76. The molecule has 4 rings (SSSR count). The van der Waals surface area contributed by atoms with E-state index in [1.54, 1.807) is 38.3 Å². The Balaban J connectivity index is 1.52. The minimum Gasteiger partial charge on any atom is -0.497 e. The van der Waals surface area contributed by atoms with Crippen LogP contribution in [0.25, 0.3) is 10.6 Å². The van der Waals surface area contributed by atoms with E-state index in [9.17, 15) is 13.2 Å². The molecule has 0 bridgehead atoms. The summed E-state index contributed by atoms with van der Waals surface area (Å²) < 4.78 is 33.7. The molecular weight excluding hydrogens is 472 g/mol. The zero-order valence-corrected chi connectivity index (χ0v) is 20.3. The number of carbonyl (C=O) groups is 1. The summed E-state index contributed by atoms with van der Waals surface area (Å²) >= 11 is 1.21. The number of rotatable bonds is 7. The molecule has 174 valence electrons. The lowest BCUT2D eigenvalue weighted by molar-refractivity contribution is 0.102. The van der Waals surface area contributed by atoms with Crippen molar-refractivity contribution < 1.29 is 17.9 Å². The second kappa shape index (κ2) is 9.62. The second-order valence-electron chi connectivity index (χ2n) is 7.55. The molecule has 0 fully saturated rings. The number of anilines is 2. The van der Waals surface area contributed by atoms with Gasteiger partial charge < -0.3 is 4.74 Å². The molecule has 0 saturated heterocycles. The molecule has 0 unspecified atom stereocenters. The van der Waals surface area contributed by atoms with Crippen molar-refractivity contribution in [3.8, 4) is 16.3 Å². The molecule has 2 N–H and O–H groups in total. The molecule has 0 aliphatic rings. The highest BCUT2D eigenvalue weighted by Gasteiger charge is 2.20. The van der Waals surface area contributed by atoms with Crippen molar-refractivity contribution in [1.82, 2.24) is 10.2 Å². The Morgan fingerprint density at radius 2 is 1.65 bits per heavy atom. The summed E-state index contributed by atoms with van der Waals surface area (Å²) in [6, 6.07) is 18.9. The Kier molecular flexibility index (Phi) is 6.62. The van der Waals surface area contributed by atoms with Crippen LogP contribution in [0.4, 0.5) is 10.8 Å². The number of aromatic nitrogens is 2. The lowest BCUT2D eigenvalue weighted by Crippen LogP contribution is -2.17. The van der Waals surface area contributed by atoms with E-state index in [1.165, 1.54) is 17.4 Å². The van der Waals surface area contributed by atoms with E-state index < -0.39 is 15.9 Å². The van der Waals surface area contributed by atoms with Crippen molar-refractivity contribution in [2.75, 3.05) is 17.1 Å². The zero-order valence-electron chi connectivity index (χ0n) is 18.7. The molecule has 1 aromatic heterocycles.